The summed E-state index contributed by atoms with van der Waals surface area (Å²) in [5, 5.41) is 13.1. The fourth-order valence-corrected chi connectivity index (χ4v) is 3.57. The third-order valence-corrected chi connectivity index (χ3v) is 4.71. The highest BCUT2D eigenvalue weighted by Crippen LogP contribution is 2.26. The van der Waals surface area contributed by atoms with Gasteiger partial charge >= 0.3 is 0 Å². The molecule has 0 bridgehead atoms. The number of hydrogen-bond acceptors (Lipinski definition) is 3. The lowest BCUT2D eigenvalue weighted by Gasteiger charge is -2.26. The minimum Gasteiger partial charge on any atom is -0.508 e. The minimum absolute atomic E-state index is 0.107. The lowest BCUT2D eigenvalue weighted by atomic mass is 10.0. The van der Waals surface area contributed by atoms with Gasteiger partial charge in [0.15, 0.2) is 0 Å². The van der Waals surface area contributed by atoms with E-state index in [0.29, 0.717) is 11.6 Å². The summed E-state index contributed by atoms with van der Waals surface area (Å²) >= 11 is 0. The molecule has 1 saturated heterocycles. The summed E-state index contributed by atoms with van der Waals surface area (Å²) in [7, 11) is -0.678. The minimum atomic E-state index is -0.678. The van der Waals surface area contributed by atoms with Crippen molar-refractivity contribution >= 4 is 10.8 Å². The average Bonchev–Trinajstić information content (AvgIpc) is 2.35. The van der Waals surface area contributed by atoms with Crippen LogP contribution in [0, 0.1) is 5.82 Å². The van der Waals surface area contributed by atoms with Gasteiger partial charge in [0, 0.05) is 40.0 Å². The van der Waals surface area contributed by atoms with E-state index in [1.807, 2.05) is 6.92 Å². The summed E-state index contributed by atoms with van der Waals surface area (Å²) < 4.78 is 24.4. The van der Waals surface area contributed by atoms with Crippen LogP contribution in [0.2, 0.25) is 0 Å². The molecule has 100 valence electrons. The number of rotatable bonds is 3. The topological polar surface area (TPSA) is 49.3 Å². The van der Waals surface area contributed by atoms with Gasteiger partial charge in [-0.3, -0.25) is 4.21 Å². The third kappa shape index (κ3) is 3.29. The van der Waals surface area contributed by atoms with Crippen molar-refractivity contribution in [1.82, 2.24) is 5.32 Å². The monoisotopic (exact) mass is 271 g/mol. The molecule has 2 rings (SSSR count). The van der Waals surface area contributed by atoms with Crippen LogP contribution in [-0.4, -0.2) is 26.9 Å². The number of phenols is 1. The van der Waals surface area contributed by atoms with Gasteiger partial charge in [0.2, 0.25) is 0 Å². The second-order valence-corrected chi connectivity index (χ2v) is 6.41. The van der Waals surface area contributed by atoms with Crippen molar-refractivity contribution in [3.63, 3.8) is 0 Å². The first-order valence-electron chi connectivity index (χ1n) is 6.15. The second-order valence-electron chi connectivity index (χ2n) is 4.71. The highest BCUT2D eigenvalue weighted by Gasteiger charge is 2.21. The summed E-state index contributed by atoms with van der Waals surface area (Å²) in [5.41, 5.74) is 0.571. The third-order valence-electron chi connectivity index (χ3n) is 3.33. The van der Waals surface area contributed by atoms with E-state index >= 15 is 0 Å². The molecule has 1 aromatic carbocycles. The van der Waals surface area contributed by atoms with E-state index in [9.17, 15) is 13.7 Å². The van der Waals surface area contributed by atoms with Crippen molar-refractivity contribution in [3.05, 3.63) is 29.6 Å². The van der Waals surface area contributed by atoms with Crippen molar-refractivity contribution in [2.75, 3.05) is 11.5 Å². The fraction of sp³-hybridized carbons (Fsp3) is 0.538. The van der Waals surface area contributed by atoms with E-state index in [1.165, 1.54) is 18.2 Å². The molecule has 0 aliphatic carbocycles. The Morgan fingerprint density at radius 3 is 2.78 bits per heavy atom. The molecule has 1 aromatic rings. The number of halogens is 1. The first kappa shape index (κ1) is 13.5. The lowest BCUT2D eigenvalue weighted by Crippen LogP contribution is -2.37. The van der Waals surface area contributed by atoms with Crippen LogP contribution < -0.4 is 5.32 Å². The predicted molar refractivity (Wildman–Crippen MR) is 70.5 cm³/mol. The Kier molecular flexibility index (Phi) is 4.35. The summed E-state index contributed by atoms with van der Waals surface area (Å²) in [4.78, 5) is 0. The molecule has 1 unspecified atom stereocenters. The van der Waals surface area contributed by atoms with Gasteiger partial charge in [0.05, 0.1) is 0 Å². The van der Waals surface area contributed by atoms with Gasteiger partial charge in [-0.05, 0) is 38.0 Å². The Labute approximate surface area is 109 Å². The number of aromatic hydroxyl groups is 1. The molecular weight excluding hydrogens is 253 g/mol. The predicted octanol–water partition coefficient (Wildman–Crippen LogP) is 2.09. The lowest BCUT2D eigenvalue weighted by molar-refractivity contribution is 0.406. The Bertz CT molecular complexity index is 443. The molecule has 2 N–H and O–H groups in total. The van der Waals surface area contributed by atoms with Gasteiger partial charge in [-0.2, -0.15) is 0 Å². The summed E-state index contributed by atoms with van der Waals surface area (Å²) in [6, 6.07) is 4.15. The molecule has 0 radical (unpaired) electrons. The van der Waals surface area contributed by atoms with Gasteiger partial charge < -0.3 is 10.4 Å². The molecule has 18 heavy (non-hydrogen) atoms. The first-order chi connectivity index (χ1) is 8.56. The van der Waals surface area contributed by atoms with Crippen LogP contribution >= 0.6 is 0 Å². The number of benzene rings is 1. The van der Waals surface area contributed by atoms with E-state index in [4.69, 9.17) is 0 Å². The van der Waals surface area contributed by atoms with Crippen molar-refractivity contribution in [3.8, 4) is 5.75 Å². The molecule has 3 nitrogen and oxygen atoms in total. The van der Waals surface area contributed by atoms with Crippen LogP contribution in [0.25, 0.3) is 0 Å². The van der Waals surface area contributed by atoms with Crippen molar-refractivity contribution in [2.45, 2.75) is 31.8 Å². The van der Waals surface area contributed by atoms with Gasteiger partial charge in [-0.15, -0.1) is 0 Å². The van der Waals surface area contributed by atoms with Crippen molar-refractivity contribution in [2.24, 2.45) is 0 Å². The zero-order valence-corrected chi connectivity index (χ0v) is 11.2. The van der Waals surface area contributed by atoms with Crippen LogP contribution in [-0.2, 0) is 10.8 Å². The van der Waals surface area contributed by atoms with Crippen LogP contribution in [0.15, 0.2) is 18.2 Å². The molecule has 0 aromatic heterocycles. The van der Waals surface area contributed by atoms with Gasteiger partial charge in [0.1, 0.15) is 11.6 Å². The van der Waals surface area contributed by atoms with E-state index in [0.717, 1.165) is 24.3 Å². The average molecular weight is 271 g/mol. The molecule has 1 heterocycles. The Hall–Kier alpha value is -0.940. The highest BCUT2D eigenvalue weighted by atomic mass is 32.2. The summed E-state index contributed by atoms with van der Waals surface area (Å²) in [6.45, 7) is 1.90. The van der Waals surface area contributed by atoms with Gasteiger partial charge in [-0.1, -0.05) is 0 Å². The fourth-order valence-electron chi connectivity index (χ4n) is 2.28. The van der Waals surface area contributed by atoms with Crippen LogP contribution in [0.4, 0.5) is 4.39 Å². The molecule has 1 aliphatic rings. The normalized spacial score (nSPS) is 25.9. The van der Waals surface area contributed by atoms with Gasteiger partial charge in [-0.25, -0.2) is 4.39 Å². The number of hydrogen-bond donors (Lipinski definition) is 2. The van der Waals surface area contributed by atoms with Crippen molar-refractivity contribution < 1.29 is 13.7 Å². The first-order valence-corrected chi connectivity index (χ1v) is 7.64. The second kappa shape index (κ2) is 5.80. The Balaban J connectivity index is 2.00. The van der Waals surface area contributed by atoms with E-state index in [2.05, 4.69) is 5.32 Å². The van der Waals surface area contributed by atoms with Crippen molar-refractivity contribution in [1.29, 1.82) is 0 Å². The largest absolute Gasteiger partial charge is 0.508 e. The molecule has 1 aliphatic heterocycles. The zero-order valence-electron chi connectivity index (χ0n) is 10.4. The molecule has 0 amide bonds. The van der Waals surface area contributed by atoms with Crippen LogP contribution in [0.1, 0.15) is 31.4 Å². The summed E-state index contributed by atoms with van der Waals surface area (Å²) in [5.74, 6) is 1.20. The quantitative estimate of drug-likeness (QED) is 0.885. The smallest absolute Gasteiger partial charge is 0.123 e. The van der Waals surface area contributed by atoms with E-state index < -0.39 is 10.8 Å². The molecule has 0 saturated carbocycles. The van der Waals surface area contributed by atoms with Crippen LogP contribution in [0.5, 0.6) is 5.75 Å². The summed E-state index contributed by atoms with van der Waals surface area (Å²) in [6.07, 6.45) is 1.74. The molecule has 1 atom stereocenters. The zero-order chi connectivity index (χ0) is 13.1. The molecule has 1 fully saturated rings. The Morgan fingerprint density at radius 2 is 2.11 bits per heavy atom. The number of phenolic OH excluding ortho intramolecular Hbond substituents is 1. The highest BCUT2D eigenvalue weighted by molar-refractivity contribution is 7.85. The molecule has 5 heteroatoms. The maximum Gasteiger partial charge on any atom is 0.123 e. The molecular formula is C13H18FNO2S. The number of nitrogens with one attached hydrogen (secondary N) is 1. The van der Waals surface area contributed by atoms with Crippen LogP contribution in [0.3, 0.4) is 0 Å². The maximum atomic E-state index is 13.2. The Morgan fingerprint density at radius 1 is 1.44 bits per heavy atom. The molecule has 0 spiro atoms. The SMILES string of the molecule is CC(NC1CCS(=O)CC1)c1cc(F)ccc1O. The van der Waals surface area contributed by atoms with Gasteiger partial charge in [0.25, 0.3) is 0 Å². The maximum absolute atomic E-state index is 13.2. The van der Waals surface area contributed by atoms with E-state index in [-0.39, 0.29) is 17.6 Å². The standard InChI is InChI=1S/C13H18FNO2S/c1-9(12-8-10(14)2-3-13(12)16)15-11-4-6-18(17)7-5-11/h2-3,8-9,11,15-16H,4-7H2,1H3. The van der Waals surface area contributed by atoms with E-state index in [1.54, 1.807) is 0 Å².